The molecule has 0 aliphatic heterocycles. The largest absolute Gasteiger partial charge is 0.481 e. The number of hydrogen-bond donors (Lipinski definition) is 2. The number of aliphatic hydroxyl groups is 1. The highest BCUT2D eigenvalue weighted by atomic mass is 19.1. The Kier molecular flexibility index (Phi) is 4.24. The van der Waals surface area contributed by atoms with E-state index in [0.717, 1.165) is 5.56 Å². The van der Waals surface area contributed by atoms with Gasteiger partial charge >= 0.3 is 5.97 Å². The Morgan fingerprint density at radius 2 is 1.93 bits per heavy atom. The van der Waals surface area contributed by atoms with E-state index in [1.807, 2.05) is 0 Å². The van der Waals surface area contributed by atoms with E-state index < -0.39 is 5.97 Å². The summed E-state index contributed by atoms with van der Waals surface area (Å²) in [5.74, 6) is -1.53. The monoisotopic (exact) mass is 212 g/mol. The van der Waals surface area contributed by atoms with Crippen molar-refractivity contribution in [3.63, 3.8) is 0 Å². The topological polar surface area (TPSA) is 57.5 Å². The molecular weight excluding hydrogens is 199 g/mol. The minimum Gasteiger partial charge on any atom is -0.481 e. The maximum absolute atomic E-state index is 12.6. The normalized spacial score (nSPS) is 12.4. The maximum Gasteiger partial charge on any atom is 0.303 e. The summed E-state index contributed by atoms with van der Waals surface area (Å²) in [6, 6.07) is 5.69. The average molecular weight is 212 g/mol. The standard InChI is InChI=1S/C11H13FO3/c12-10-3-1-8(2-4-10)9(5-6-13)7-11(14)15/h1-4,9,13H,5-7H2,(H,14,15)/t9-/m1/s1. The van der Waals surface area contributed by atoms with Crippen molar-refractivity contribution in [2.45, 2.75) is 18.8 Å². The summed E-state index contributed by atoms with van der Waals surface area (Å²) in [6.07, 6.45) is 0.324. The number of carboxylic acid groups (broad SMARTS) is 1. The van der Waals surface area contributed by atoms with Gasteiger partial charge in [-0.15, -0.1) is 0 Å². The lowest BCUT2D eigenvalue weighted by Gasteiger charge is -2.13. The second-order valence-electron chi connectivity index (χ2n) is 3.36. The van der Waals surface area contributed by atoms with Crippen LogP contribution < -0.4 is 0 Å². The van der Waals surface area contributed by atoms with Crippen molar-refractivity contribution in [3.05, 3.63) is 35.6 Å². The molecule has 2 N–H and O–H groups in total. The number of aliphatic carboxylic acids is 1. The summed E-state index contributed by atoms with van der Waals surface area (Å²) in [7, 11) is 0. The third kappa shape index (κ3) is 3.67. The third-order valence-corrected chi connectivity index (χ3v) is 2.24. The Morgan fingerprint density at radius 1 is 1.33 bits per heavy atom. The van der Waals surface area contributed by atoms with Crippen LogP contribution in [-0.4, -0.2) is 22.8 Å². The lowest BCUT2D eigenvalue weighted by atomic mass is 9.93. The number of rotatable bonds is 5. The van der Waals surface area contributed by atoms with Gasteiger partial charge < -0.3 is 10.2 Å². The van der Waals surface area contributed by atoms with Gasteiger partial charge in [-0.1, -0.05) is 12.1 Å². The fraction of sp³-hybridized carbons (Fsp3) is 0.364. The molecule has 1 aromatic carbocycles. The molecule has 1 aromatic rings. The fourth-order valence-corrected chi connectivity index (χ4v) is 1.49. The van der Waals surface area contributed by atoms with Gasteiger partial charge in [0, 0.05) is 6.61 Å². The summed E-state index contributed by atoms with van der Waals surface area (Å²) in [5, 5.41) is 17.5. The fourth-order valence-electron chi connectivity index (χ4n) is 1.49. The summed E-state index contributed by atoms with van der Waals surface area (Å²) in [5.41, 5.74) is 0.743. The van der Waals surface area contributed by atoms with Crippen LogP contribution in [0.25, 0.3) is 0 Å². The molecule has 0 radical (unpaired) electrons. The van der Waals surface area contributed by atoms with Crippen LogP contribution in [0.5, 0.6) is 0 Å². The Hall–Kier alpha value is -1.42. The van der Waals surface area contributed by atoms with E-state index in [0.29, 0.717) is 6.42 Å². The van der Waals surface area contributed by atoms with Crippen molar-refractivity contribution in [1.82, 2.24) is 0 Å². The van der Waals surface area contributed by atoms with Crippen LogP contribution in [0.3, 0.4) is 0 Å². The van der Waals surface area contributed by atoms with Gasteiger partial charge in [0.1, 0.15) is 5.82 Å². The molecule has 0 amide bonds. The smallest absolute Gasteiger partial charge is 0.303 e. The van der Waals surface area contributed by atoms with Crippen molar-refractivity contribution in [2.75, 3.05) is 6.61 Å². The number of halogens is 1. The first kappa shape index (κ1) is 11.7. The molecule has 0 spiro atoms. The molecule has 0 aliphatic rings. The van der Waals surface area contributed by atoms with E-state index in [-0.39, 0.29) is 24.8 Å². The average Bonchev–Trinajstić information content (AvgIpc) is 2.17. The molecule has 0 fully saturated rings. The van der Waals surface area contributed by atoms with Crippen LogP contribution in [0.4, 0.5) is 4.39 Å². The molecule has 4 heteroatoms. The van der Waals surface area contributed by atoms with Gasteiger partial charge in [0.2, 0.25) is 0 Å². The van der Waals surface area contributed by atoms with E-state index in [1.54, 1.807) is 12.1 Å². The highest BCUT2D eigenvalue weighted by Gasteiger charge is 2.14. The maximum atomic E-state index is 12.6. The Labute approximate surface area is 87.2 Å². The van der Waals surface area contributed by atoms with Crippen LogP contribution >= 0.6 is 0 Å². The Bertz CT molecular complexity index is 321. The minimum atomic E-state index is -0.919. The first-order chi connectivity index (χ1) is 7.13. The first-order valence-corrected chi connectivity index (χ1v) is 4.71. The molecule has 0 aromatic heterocycles. The van der Waals surface area contributed by atoms with Crippen molar-refractivity contribution < 1.29 is 19.4 Å². The number of hydrogen-bond acceptors (Lipinski definition) is 2. The second kappa shape index (κ2) is 5.46. The van der Waals surface area contributed by atoms with Gasteiger partial charge in [-0.05, 0) is 30.0 Å². The van der Waals surface area contributed by atoms with Crippen LogP contribution in [0.1, 0.15) is 24.3 Å². The highest BCUT2D eigenvalue weighted by molar-refractivity contribution is 5.68. The zero-order valence-corrected chi connectivity index (χ0v) is 8.19. The van der Waals surface area contributed by atoms with Crippen molar-refractivity contribution in [2.24, 2.45) is 0 Å². The third-order valence-electron chi connectivity index (χ3n) is 2.24. The van der Waals surface area contributed by atoms with Crippen LogP contribution in [-0.2, 0) is 4.79 Å². The summed E-state index contributed by atoms with van der Waals surface area (Å²) in [6.45, 7) is -0.0741. The Morgan fingerprint density at radius 3 is 2.40 bits per heavy atom. The Balaban J connectivity index is 2.78. The van der Waals surface area contributed by atoms with Crippen molar-refractivity contribution >= 4 is 5.97 Å². The molecule has 3 nitrogen and oxygen atoms in total. The molecule has 1 atom stereocenters. The molecule has 0 saturated heterocycles. The van der Waals surface area contributed by atoms with E-state index in [9.17, 15) is 9.18 Å². The van der Waals surface area contributed by atoms with Crippen LogP contribution in [0.15, 0.2) is 24.3 Å². The molecule has 15 heavy (non-hydrogen) atoms. The molecule has 1 rings (SSSR count). The van der Waals surface area contributed by atoms with E-state index >= 15 is 0 Å². The van der Waals surface area contributed by atoms with Gasteiger partial charge in [0.25, 0.3) is 0 Å². The molecule has 0 aliphatic carbocycles. The van der Waals surface area contributed by atoms with Gasteiger partial charge in [0.15, 0.2) is 0 Å². The second-order valence-corrected chi connectivity index (χ2v) is 3.36. The summed E-state index contributed by atoms with van der Waals surface area (Å²) < 4.78 is 12.6. The van der Waals surface area contributed by atoms with Crippen molar-refractivity contribution in [3.8, 4) is 0 Å². The van der Waals surface area contributed by atoms with Crippen LogP contribution in [0.2, 0.25) is 0 Å². The zero-order valence-electron chi connectivity index (χ0n) is 8.19. The summed E-state index contributed by atoms with van der Waals surface area (Å²) in [4.78, 5) is 10.6. The first-order valence-electron chi connectivity index (χ1n) is 4.71. The van der Waals surface area contributed by atoms with Crippen LogP contribution in [0, 0.1) is 5.82 Å². The van der Waals surface area contributed by atoms with Crippen molar-refractivity contribution in [1.29, 1.82) is 0 Å². The number of carbonyl (C=O) groups is 1. The predicted molar refractivity (Wildman–Crippen MR) is 53.1 cm³/mol. The molecule has 82 valence electrons. The van der Waals surface area contributed by atoms with Gasteiger partial charge in [-0.2, -0.15) is 0 Å². The van der Waals surface area contributed by atoms with Gasteiger partial charge in [-0.3, -0.25) is 4.79 Å². The lowest BCUT2D eigenvalue weighted by molar-refractivity contribution is -0.137. The SMILES string of the molecule is O=C(O)C[C@@H](CCO)c1ccc(F)cc1. The number of benzene rings is 1. The molecule has 0 heterocycles. The summed E-state index contributed by atoms with van der Waals surface area (Å²) >= 11 is 0. The number of carboxylic acids is 1. The quantitative estimate of drug-likeness (QED) is 0.782. The minimum absolute atomic E-state index is 0.0494. The van der Waals surface area contributed by atoms with E-state index in [1.165, 1.54) is 12.1 Å². The molecule has 0 unspecified atom stereocenters. The predicted octanol–water partition coefficient (Wildman–Crippen LogP) is 1.77. The molecule has 0 bridgehead atoms. The van der Waals surface area contributed by atoms with Gasteiger partial charge in [-0.25, -0.2) is 4.39 Å². The van der Waals surface area contributed by atoms with Gasteiger partial charge in [0.05, 0.1) is 6.42 Å². The van der Waals surface area contributed by atoms with E-state index in [2.05, 4.69) is 0 Å². The van der Waals surface area contributed by atoms with E-state index in [4.69, 9.17) is 10.2 Å². The molecule has 0 saturated carbocycles. The lowest BCUT2D eigenvalue weighted by Crippen LogP contribution is -2.08. The highest BCUT2D eigenvalue weighted by Crippen LogP contribution is 2.23. The zero-order chi connectivity index (χ0) is 11.3. The number of aliphatic hydroxyl groups excluding tert-OH is 1. The molecular formula is C11H13FO3.